The lowest BCUT2D eigenvalue weighted by molar-refractivity contribution is 0.0561. The van der Waals surface area contributed by atoms with Crippen molar-refractivity contribution in [2.24, 2.45) is 0 Å². The van der Waals surface area contributed by atoms with E-state index in [4.69, 9.17) is 4.74 Å². The van der Waals surface area contributed by atoms with Crippen molar-refractivity contribution in [3.05, 3.63) is 40.7 Å². The van der Waals surface area contributed by atoms with Gasteiger partial charge in [0.15, 0.2) is 5.65 Å². The van der Waals surface area contributed by atoms with Gasteiger partial charge in [-0.15, -0.1) is 11.3 Å². The van der Waals surface area contributed by atoms with Gasteiger partial charge in [0, 0.05) is 30.9 Å². The molecule has 1 atom stereocenters. The van der Waals surface area contributed by atoms with Crippen molar-refractivity contribution < 1.29 is 4.74 Å². The van der Waals surface area contributed by atoms with E-state index >= 15 is 0 Å². The Kier molecular flexibility index (Phi) is 3.38. The maximum atomic E-state index is 5.66. The third-order valence-electron chi connectivity index (χ3n) is 3.57. The second kappa shape index (κ2) is 5.51. The molecule has 0 spiro atoms. The number of rotatable bonds is 4. The molecule has 0 fully saturated rings. The summed E-state index contributed by atoms with van der Waals surface area (Å²) in [5.74, 6) is 0.955. The first-order chi connectivity index (χ1) is 10.4. The fourth-order valence-corrected chi connectivity index (χ4v) is 3.24. The highest BCUT2D eigenvalue weighted by Gasteiger charge is 2.24. The average Bonchev–Trinajstić information content (AvgIpc) is 3.14. The van der Waals surface area contributed by atoms with E-state index in [9.17, 15) is 0 Å². The van der Waals surface area contributed by atoms with Crippen LogP contribution in [-0.4, -0.2) is 32.7 Å². The minimum Gasteiger partial charge on any atom is -0.371 e. The first kappa shape index (κ1) is 12.9. The van der Waals surface area contributed by atoms with Crippen LogP contribution >= 0.6 is 11.3 Å². The van der Waals surface area contributed by atoms with Gasteiger partial charge in [0.2, 0.25) is 0 Å². The van der Waals surface area contributed by atoms with Crippen molar-refractivity contribution in [1.29, 1.82) is 0 Å². The zero-order chi connectivity index (χ0) is 14.1. The minimum absolute atomic E-state index is 0.216. The summed E-state index contributed by atoms with van der Waals surface area (Å²) in [6.45, 7) is 2.83. The standard InChI is InChI=1S/C14H15N5OS/c1-2-11-14(17-3-1)19-10(8-20-9-12(19)18-11)6-15-7-13-16-4-5-21-13/h1-5,10,15H,6-9H2/t10-/m0/s1. The molecule has 0 amide bonds. The SMILES string of the molecule is c1cnc2c(c1)nc1n2[C@@H](CNCc2nccs2)COC1. The smallest absolute Gasteiger partial charge is 0.160 e. The number of ether oxygens (including phenoxy) is 1. The Morgan fingerprint density at radius 1 is 1.38 bits per heavy atom. The van der Waals surface area contributed by atoms with E-state index in [1.807, 2.05) is 29.9 Å². The van der Waals surface area contributed by atoms with Gasteiger partial charge < -0.3 is 14.6 Å². The molecule has 3 aromatic heterocycles. The van der Waals surface area contributed by atoms with Crippen LogP contribution in [0.2, 0.25) is 0 Å². The van der Waals surface area contributed by atoms with Gasteiger partial charge >= 0.3 is 0 Å². The monoisotopic (exact) mass is 301 g/mol. The van der Waals surface area contributed by atoms with Gasteiger partial charge in [0.25, 0.3) is 0 Å². The van der Waals surface area contributed by atoms with Crippen molar-refractivity contribution in [3.63, 3.8) is 0 Å². The minimum atomic E-state index is 0.216. The highest BCUT2D eigenvalue weighted by Crippen LogP contribution is 2.24. The van der Waals surface area contributed by atoms with Crippen molar-refractivity contribution >= 4 is 22.5 Å². The van der Waals surface area contributed by atoms with Crippen LogP contribution in [0.1, 0.15) is 16.9 Å². The molecule has 0 radical (unpaired) electrons. The average molecular weight is 301 g/mol. The van der Waals surface area contributed by atoms with Crippen LogP contribution in [0.4, 0.5) is 0 Å². The predicted octanol–water partition coefficient (Wildman–Crippen LogP) is 1.75. The second-order valence-electron chi connectivity index (χ2n) is 4.97. The quantitative estimate of drug-likeness (QED) is 0.795. The van der Waals surface area contributed by atoms with E-state index in [1.54, 1.807) is 11.3 Å². The van der Waals surface area contributed by atoms with E-state index in [0.29, 0.717) is 13.2 Å². The summed E-state index contributed by atoms with van der Waals surface area (Å²) in [6, 6.07) is 4.12. The van der Waals surface area contributed by atoms with E-state index in [1.165, 1.54) is 0 Å². The van der Waals surface area contributed by atoms with E-state index in [-0.39, 0.29) is 6.04 Å². The summed E-state index contributed by atoms with van der Waals surface area (Å²) in [5, 5.41) is 6.53. The van der Waals surface area contributed by atoms with Crippen LogP contribution in [0.25, 0.3) is 11.2 Å². The molecule has 3 aromatic rings. The topological polar surface area (TPSA) is 64.9 Å². The van der Waals surface area contributed by atoms with Crippen molar-refractivity contribution in [3.8, 4) is 0 Å². The molecule has 7 heteroatoms. The fourth-order valence-electron chi connectivity index (χ4n) is 2.66. The number of nitrogens with zero attached hydrogens (tertiary/aromatic N) is 4. The van der Waals surface area contributed by atoms with Crippen molar-refractivity contribution in [1.82, 2.24) is 24.8 Å². The third-order valence-corrected chi connectivity index (χ3v) is 4.35. The molecule has 108 valence electrons. The molecule has 4 rings (SSSR count). The van der Waals surface area contributed by atoms with Gasteiger partial charge in [0.05, 0.1) is 12.6 Å². The van der Waals surface area contributed by atoms with Crippen LogP contribution in [0.3, 0.4) is 0 Å². The van der Waals surface area contributed by atoms with Crippen molar-refractivity contribution in [2.45, 2.75) is 19.2 Å². The molecular formula is C14H15N5OS. The molecule has 0 saturated carbocycles. The Bertz CT molecular complexity index is 739. The van der Waals surface area contributed by atoms with Gasteiger partial charge in [-0.2, -0.15) is 0 Å². The molecule has 21 heavy (non-hydrogen) atoms. The van der Waals surface area contributed by atoms with Gasteiger partial charge in [-0.1, -0.05) is 0 Å². The Labute approximate surface area is 125 Å². The molecule has 4 heterocycles. The molecule has 0 unspecified atom stereocenters. The van der Waals surface area contributed by atoms with Gasteiger partial charge in [0.1, 0.15) is 23.0 Å². The number of fused-ring (bicyclic) bond motifs is 3. The summed E-state index contributed by atoms with van der Waals surface area (Å²) in [4.78, 5) is 13.3. The van der Waals surface area contributed by atoms with E-state index < -0.39 is 0 Å². The van der Waals surface area contributed by atoms with Crippen LogP contribution in [0.5, 0.6) is 0 Å². The highest BCUT2D eigenvalue weighted by molar-refractivity contribution is 7.09. The van der Waals surface area contributed by atoms with Gasteiger partial charge in [-0.25, -0.2) is 15.0 Å². The highest BCUT2D eigenvalue weighted by atomic mass is 32.1. The predicted molar refractivity (Wildman–Crippen MR) is 80.0 cm³/mol. The molecular weight excluding hydrogens is 286 g/mol. The zero-order valence-corrected chi connectivity index (χ0v) is 12.2. The van der Waals surface area contributed by atoms with Crippen LogP contribution < -0.4 is 5.32 Å². The summed E-state index contributed by atoms with van der Waals surface area (Å²) >= 11 is 1.66. The summed E-state index contributed by atoms with van der Waals surface area (Å²) < 4.78 is 7.86. The van der Waals surface area contributed by atoms with Gasteiger partial charge in [-0.3, -0.25) is 0 Å². The number of hydrogen-bond donors (Lipinski definition) is 1. The Morgan fingerprint density at radius 2 is 2.38 bits per heavy atom. The Balaban J connectivity index is 1.55. The lowest BCUT2D eigenvalue weighted by Gasteiger charge is -2.25. The third kappa shape index (κ3) is 2.44. The maximum Gasteiger partial charge on any atom is 0.160 e. The van der Waals surface area contributed by atoms with Gasteiger partial charge in [-0.05, 0) is 12.1 Å². The number of nitrogens with one attached hydrogen (secondary N) is 1. The second-order valence-corrected chi connectivity index (χ2v) is 5.95. The van der Waals surface area contributed by atoms with Crippen molar-refractivity contribution in [2.75, 3.05) is 13.2 Å². The summed E-state index contributed by atoms with van der Waals surface area (Å²) in [6.07, 6.45) is 3.64. The van der Waals surface area contributed by atoms with E-state index in [0.717, 1.165) is 35.1 Å². The number of pyridine rings is 1. The Hall–Kier alpha value is -1.83. The lowest BCUT2D eigenvalue weighted by atomic mass is 10.2. The number of aromatic nitrogens is 4. The fraction of sp³-hybridized carbons (Fsp3) is 0.357. The zero-order valence-electron chi connectivity index (χ0n) is 11.4. The number of thiazole rings is 1. The first-order valence-corrected chi connectivity index (χ1v) is 7.78. The maximum absolute atomic E-state index is 5.66. The lowest BCUT2D eigenvalue weighted by Crippen LogP contribution is -2.32. The number of imidazole rings is 1. The molecule has 1 aliphatic heterocycles. The van der Waals surface area contributed by atoms with Crippen LogP contribution in [0.15, 0.2) is 29.9 Å². The molecule has 6 nitrogen and oxygen atoms in total. The first-order valence-electron chi connectivity index (χ1n) is 6.90. The molecule has 0 saturated heterocycles. The normalized spacial score (nSPS) is 18.0. The van der Waals surface area contributed by atoms with Crippen LogP contribution in [0, 0.1) is 0 Å². The molecule has 1 N–H and O–H groups in total. The summed E-state index contributed by atoms with van der Waals surface area (Å²) in [7, 11) is 0. The molecule has 1 aliphatic rings. The molecule has 0 aliphatic carbocycles. The largest absolute Gasteiger partial charge is 0.371 e. The summed E-state index contributed by atoms with van der Waals surface area (Å²) in [5.41, 5.74) is 1.87. The van der Waals surface area contributed by atoms with Crippen LogP contribution in [-0.2, 0) is 17.9 Å². The molecule has 0 aromatic carbocycles. The Morgan fingerprint density at radius 3 is 3.29 bits per heavy atom. The van der Waals surface area contributed by atoms with E-state index in [2.05, 4.69) is 24.8 Å². The number of hydrogen-bond acceptors (Lipinski definition) is 6. The molecule has 0 bridgehead atoms.